The summed E-state index contributed by atoms with van der Waals surface area (Å²) in [6, 6.07) is 3.75. The number of benzene rings is 1. The maximum absolute atomic E-state index is 14.3. The number of hydrogen-bond acceptors (Lipinski definition) is 9. The van der Waals surface area contributed by atoms with Crippen molar-refractivity contribution in [1.82, 2.24) is 20.9 Å². The highest BCUT2D eigenvalue weighted by Gasteiger charge is 2.49. The molecule has 3 aliphatic heterocycles. The van der Waals surface area contributed by atoms with E-state index in [9.17, 15) is 24.0 Å². The minimum Gasteiger partial charge on any atom is -0.444 e. The third kappa shape index (κ3) is 9.18. The number of piperidine rings is 1. The van der Waals surface area contributed by atoms with Crippen molar-refractivity contribution in [3.8, 4) is 0 Å². The smallest absolute Gasteiger partial charge is 0.408 e. The first-order chi connectivity index (χ1) is 21.9. The zero-order valence-electron chi connectivity index (χ0n) is 26.8. The lowest BCUT2D eigenvalue weighted by Crippen LogP contribution is -2.63. The van der Waals surface area contributed by atoms with Gasteiger partial charge in [-0.25, -0.2) is 4.79 Å². The quantitative estimate of drug-likeness (QED) is 0.415. The fraction of sp³-hybridized carbons (Fsp3) is 0.625. The molecule has 0 spiro atoms. The summed E-state index contributed by atoms with van der Waals surface area (Å²) in [5.74, 6) is -3.16. The van der Waals surface area contributed by atoms with Gasteiger partial charge in [-0.1, -0.05) is 54.6 Å². The summed E-state index contributed by atoms with van der Waals surface area (Å²) < 4.78 is 11.3. The molecule has 5 atom stereocenters. The summed E-state index contributed by atoms with van der Waals surface area (Å²) in [4.78, 5) is 73.6. The lowest BCUT2D eigenvalue weighted by Gasteiger charge is -2.41. The second-order valence-corrected chi connectivity index (χ2v) is 13.3. The molecule has 0 bridgehead atoms. The van der Waals surface area contributed by atoms with Gasteiger partial charge in [-0.2, -0.15) is 0 Å². The van der Waals surface area contributed by atoms with E-state index in [0.29, 0.717) is 29.3 Å². The normalized spacial score (nSPS) is 26.4. The molecule has 0 aliphatic carbocycles. The van der Waals surface area contributed by atoms with Crippen LogP contribution in [0, 0.1) is 5.92 Å². The average Bonchev–Trinajstić information content (AvgIpc) is 3.42. The summed E-state index contributed by atoms with van der Waals surface area (Å²) >= 11 is 6.25. The Balaban J connectivity index is 1.68. The van der Waals surface area contributed by atoms with Gasteiger partial charge in [-0.15, -0.1) is 0 Å². The first-order valence-electron chi connectivity index (χ1n) is 15.8. The van der Waals surface area contributed by atoms with Crippen molar-refractivity contribution >= 4 is 46.9 Å². The number of halogens is 1. The van der Waals surface area contributed by atoms with E-state index in [-0.39, 0.29) is 26.0 Å². The molecule has 0 aromatic heterocycles. The first kappa shape index (κ1) is 35.1. The summed E-state index contributed by atoms with van der Waals surface area (Å²) in [5, 5.41) is 12.5. The van der Waals surface area contributed by atoms with Crippen molar-refractivity contribution in [2.24, 2.45) is 11.1 Å². The molecular weight excluding hydrogens is 618 g/mol. The van der Waals surface area contributed by atoms with Gasteiger partial charge < -0.3 is 35.2 Å². The maximum Gasteiger partial charge on any atom is 0.408 e. The van der Waals surface area contributed by atoms with Crippen molar-refractivity contribution in [2.75, 3.05) is 26.8 Å². The predicted octanol–water partition coefficient (Wildman–Crippen LogP) is 2.72. The van der Waals surface area contributed by atoms with E-state index in [2.05, 4.69) is 21.1 Å². The average molecular weight is 662 g/mol. The largest absolute Gasteiger partial charge is 0.444 e. The van der Waals surface area contributed by atoms with E-state index < -0.39 is 65.3 Å². The van der Waals surface area contributed by atoms with Crippen molar-refractivity contribution in [3.63, 3.8) is 0 Å². The molecule has 46 heavy (non-hydrogen) atoms. The van der Waals surface area contributed by atoms with Gasteiger partial charge in [0, 0.05) is 37.2 Å². The summed E-state index contributed by atoms with van der Waals surface area (Å²) in [6.45, 7) is 5.38. The van der Waals surface area contributed by atoms with Crippen LogP contribution in [0.1, 0.15) is 71.3 Å². The maximum atomic E-state index is 14.3. The molecule has 13 nitrogen and oxygen atoms in total. The number of ether oxygens (including phenoxy) is 2. The Labute approximate surface area is 274 Å². The number of likely N-dealkylation sites (N-methyl/N-ethyl adjacent to an activating group) is 1. The number of hydrogen-bond donors (Lipinski definition) is 3. The van der Waals surface area contributed by atoms with Crippen molar-refractivity contribution < 1.29 is 38.3 Å². The fourth-order valence-electron chi connectivity index (χ4n) is 5.87. The number of oxime groups is 1. The number of nitrogens with zero attached hydrogens (tertiary/aromatic N) is 2. The van der Waals surface area contributed by atoms with Gasteiger partial charge in [0.1, 0.15) is 23.8 Å². The van der Waals surface area contributed by atoms with Crippen LogP contribution in [-0.4, -0.2) is 96.8 Å². The van der Waals surface area contributed by atoms with Crippen LogP contribution in [-0.2, 0) is 33.5 Å². The van der Waals surface area contributed by atoms with Crippen LogP contribution < -0.4 is 16.0 Å². The Hall–Kier alpha value is -3.71. The minimum absolute atomic E-state index is 0.0213. The van der Waals surface area contributed by atoms with Gasteiger partial charge in [0.05, 0.1) is 24.3 Å². The number of amides is 4. The zero-order chi connectivity index (χ0) is 33.4. The molecule has 4 amide bonds. The molecule has 2 fully saturated rings. The lowest BCUT2D eigenvalue weighted by molar-refractivity contribution is -0.150. The molecule has 3 heterocycles. The monoisotopic (exact) mass is 661 g/mol. The number of nitrogens with one attached hydrogen (secondary N) is 3. The second-order valence-electron chi connectivity index (χ2n) is 12.8. The Morgan fingerprint density at radius 3 is 2.57 bits per heavy atom. The highest BCUT2D eigenvalue weighted by molar-refractivity contribution is 6.38. The van der Waals surface area contributed by atoms with E-state index in [1.165, 1.54) is 11.9 Å². The molecule has 2 unspecified atom stereocenters. The number of fused-ring (bicyclic) bond motifs is 2. The molecule has 3 aliphatic rings. The van der Waals surface area contributed by atoms with Crippen LogP contribution in [0.3, 0.4) is 0 Å². The Bertz CT molecular complexity index is 1330. The second kappa shape index (κ2) is 15.7. The van der Waals surface area contributed by atoms with Gasteiger partial charge in [-0.3, -0.25) is 19.2 Å². The van der Waals surface area contributed by atoms with Crippen molar-refractivity contribution in [1.29, 1.82) is 0 Å². The van der Waals surface area contributed by atoms with E-state index in [4.69, 9.17) is 25.9 Å². The highest BCUT2D eigenvalue weighted by Crippen LogP contribution is 2.34. The first-order valence-corrected chi connectivity index (χ1v) is 16.2. The Morgan fingerprint density at radius 1 is 1.11 bits per heavy atom. The van der Waals surface area contributed by atoms with Gasteiger partial charge in [0.25, 0.3) is 5.91 Å². The molecule has 252 valence electrons. The van der Waals surface area contributed by atoms with Crippen LogP contribution in [0.5, 0.6) is 0 Å². The minimum atomic E-state index is -1.17. The number of Topliss-reactive ketones (excluding diaryl/α,β-unsaturated/α-hetero) is 1. The predicted molar refractivity (Wildman–Crippen MR) is 169 cm³/mol. The van der Waals surface area contributed by atoms with Gasteiger partial charge in [0.2, 0.25) is 17.6 Å². The topological polar surface area (TPSA) is 165 Å². The molecule has 4 rings (SSSR count). The van der Waals surface area contributed by atoms with Crippen molar-refractivity contribution in [2.45, 2.75) is 95.5 Å². The molecule has 3 N–H and O–H groups in total. The van der Waals surface area contributed by atoms with E-state index >= 15 is 0 Å². The van der Waals surface area contributed by atoms with E-state index in [1.807, 2.05) is 6.07 Å². The number of rotatable bonds is 4. The third-order valence-electron chi connectivity index (χ3n) is 8.16. The van der Waals surface area contributed by atoms with E-state index in [1.54, 1.807) is 39.0 Å². The number of carbonyl (C=O) groups excluding carboxylic acids is 5. The molecule has 0 saturated carbocycles. The standard InChI is InChI=1S/C32H44ClN5O8/c1-32(2,3)45-31(43)36-23-18-44-14-9-7-5-6-8-13-22(27(39)29(41)34-4)35-28(40)24-16-25-21(17-38(24)30(23)42)26(37-46-25)19-11-10-12-20(33)15-19/h10-12,15,21-25H,5-9,13-14,16-18H2,1-4H3,(H,34,41)(H,35,40)(H,36,43)/t21?,22-,23-,24-,25?/m0/s1. The molecule has 1 aromatic carbocycles. The summed E-state index contributed by atoms with van der Waals surface area (Å²) in [7, 11) is 1.36. The van der Waals surface area contributed by atoms with E-state index in [0.717, 1.165) is 25.7 Å². The van der Waals surface area contributed by atoms with Crippen LogP contribution in [0.15, 0.2) is 29.4 Å². The number of ketones is 1. The molecule has 1 aromatic rings. The number of alkyl carbamates (subject to hydrolysis) is 1. The highest BCUT2D eigenvalue weighted by atomic mass is 35.5. The molecule has 14 heteroatoms. The van der Waals surface area contributed by atoms with Gasteiger partial charge in [0.15, 0.2) is 0 Å². The Morgan fingerprint density at radius 2 is 1.85 bits per heavy atom. The van der Waals surface area contributed by atoms with Crippen LogP contribution in [0.4, 0.5) is 4.79 Å². The molecule has 2 saturated heterocycles. The molecular formula is C32H44ClN5O8. The lowest BCUT2D eigenvalue weighted by atomic mass is 9.83. The fourth-order valence-corrected chi connectivity index (χ4v) is 6.06. The van der Waals surface area contributed by atoms with Crippen LogP contribution in [0.25, 0.3) is 0 Å². The SMILES string of the molecule is CNC(=O)C(=O)[C@@H]1CCCCCCCOC[C@H](NC(=O)OC(C)(C)C)C(=O)N2CC3C(c4cccc(Cl)c4)=NOC3C[C@H]2C(=O)N1. The van der Waals surface area contributed by atoms with Crippen LogP contribution >= 0.6 is 11.6 Å². The van der Waals surface area contributed by atoms with Crippen molar-refractivity contribution in [3.05, 3.63) is 34.9 Å². The molecule has 0 radical (unpaired) electrons. The van der Waals surface area contributed by atoms with Gasteiger partial charge >= 0.3 is 6.09 Å². The number of carbonyl (C=O) groups is 5. The Kier molecular flexibility index (Phi) is 12.0. The summed E-state index contributed by atoms with van der Waals surface area (Å²) in [5.41, 5.74) is 0.475. The van der Waals surface area contributed by atoms with Crippen LogP contribution in [0.2, 0.25) is 5.02 Å². The zero-order valence-corrected chi connectivity index (χ0v) is 27.6. The summed E-state index contributed by atoms with van der Waals surface area (Å²) in [6.07, 6.45) is 2.82. The third-order valence-corrected chi connectivity index (χ3v) is 8.39. The van der Waals surface area contributed by atoms with Gasteiger partial charge in [-0.05, 0) is 45.7 Å².